The highest BCUT2D eigenvalue weighted by Crippen LogP contribution is 2.29. The molecule has 0 aromatic heterocycles. The number of para-hydroxylation sites is 1. The van der Waals surface area contributed by atoms with Crippen LogP contribution in [0.25, 0.3) is 0 Å². The fourth-order valence-electron chi connectivity index (χ4n) is 4.74. The van der Waals surface area contributed by atoms with E-state index in [2.05, 4.69) is 17.6 Å². The number of ketones is 1. The number of benzene rings is 4. The zero-order chi connectivity index (χ0) is 28.1. The molecule has 0 saturated carbocycles. The zero-order valence-corrected chi connectivity index (χ0v) is 22.4. The Hall–Kier alpha value is -5.04. The van der Waals surface area contributed by atoms with Crippen molar-refractivity contribution in [3.8, 4) is 0 Å². The molecule has 0 fully saturated rings. The van der Waals surface area contributed by atoms with E-state index in [1.54, 1.807) is 18.2 Å². The summed E-state index contributed by atoms with van der Waals surface area (Å²) in [6.45, 7) is 3.73. The number of hydrogen-bond donors (Lipinski definition) is 2. The average Bonchev–Trinajstić information content (AvgIpc) is 3.09. The fourth-order valence-corrected chi connectivity index (χ4v) is 4.74. The van der Waals surface area contributed by atoms with E-state index >= 15 is 0 Å². The third-order valence-corrected chi connectivity index (χ3v) is 6.89. The molecule has 7 heteroatoms. The van der Waals surface area contributed by atoms with E-state index in [0.29, 0.717) is 28.2 Å². The predicted octanol–water partition coefficient (Wildman–Crippen LogP) is 5.77. The molecule has 1 aliphatic rings. The molecule has 3 amide bonds. The second kappa shape index (κ2) is 11.8. The number of amides is 3. The number of aliphatic imine (C=N–C) groups is 1. The summed E-state index contributed by atoms with van der Waals surface area (Å²) in [6, 6.07) is 31.1. The van der Waals surface area contributed by atoms with Gasteiger partial charge >= 0.3 is 6.03 Å². The minimum atomic E-state index is -1.26. The highest BCUT2D eigenvalue weighted by molar-refractivity contribution is 6.21. The van der Waals surface area contributed by atoms with Crippen molar-refractivity contribution < 1.29 is 14.4 Å². The monoisotopic (exact) mass is 530 g/mol. The first-order valence-corrected chi connectivity index (χ1v) is 13.2. The van der Waals surface area contributed by atoms with Crippen molar-refractivity contribution in [2.45, 2.75) is 26.4 Å². The minimum Gasteiger partial charge on any atom is -0.308 e. The van der Waals surface area contributed by atoms with Crippen LogP contribution in [-0.2, 0) is 11.2 Å². The third-order valence-electron chi connectivity index (χ3n) is 6.89. The van der Waals surface area contributed by atoms with Crippen molar-refractivity contribution in [3.63, 3.8) is 0 Å². The number of aryl methyl sites for hydroxylation is 2. The minimum absolute atomic E-state index is 0.198. The van der Waals surface area contributed by atoms with Gasteiger partial charge in [0, 0.05) is 22.4 Å². The van der Waals surface area contributed by atoms with Crippen LogP contribution in [0.3, 0.4) is 0 Å². The first-order valence-electron chi connectivity index (χ1n) is 13.2. The smallest absolute Gasteiger partial charge is 0.308 e. The fraction of sp³-hybridized carbons (Fsp3) is 0.152. The number of carbonyl (C=O) groups excluding carboxylic acids is 3. The largest absolute Gasteiger partial charge is 0.321 e. The first kappa shape index (κ1) is 26.6. The van der Waals surface area contributed by atoms with Crippen molar-refractivity contribution >= 4 is 34.8 Å². The van der Waals surface area contributed by atoms with Crippen LogP contribution in [-0.4, -0.2) is 36.1 Å². The molecule has 1 unspecified atom stereocenters. The number of benzodiazepines with no additional fused rings is 1. The molecule has 0 spiro atoms. The molecule has 1 aliphatic heterocycles. The van der Waals surface area contributed by atoms with E-state index in [4.69, 9.17) is 4.99 Å². The Morgan fingerprint density at radius 2 is 1.52 bits per heavy atom. The molecule has 5 rings (SSSR count). The molecule has 40 heavy (non-hydrogen) atoms. The van der Waals surface area contributed by atoms with Crippen LogP contribution in [0.5, 0.6) is 0 Å². The summed E-state index contributed by atoms with van der Waals surface area (Å²) < 4.78 is 0. The normalized spacial score (nSPS) is 14.6. The molecule has 4 aromatic carbocycles. The lowest BCUT2D eigenvalue weighted by molar-refractivity contribution is -0.120. The number of fused-ring (bicyclic) bond motifs is 1. The molecule has 4 aromatic rings. The highest BCUT2D eigenvalue weighted by atomic mass is 16.2. The maximum atomic E-state index is 14.0. The van der Waals surface area contributed by atoms with E-state index in [-0.39, 0.29) is 12.3 Å². The van der Waals surface area contributed by atoms with Gasteiger partial charge in [-0.1, -0.05) is 91.9 Å². The van der Waals surface area contributed by atoms with Gasteiger partial charge in [-0.3, -0.25) is 9.59 Å². The van der Waals surface area contributed by atoms with Crippen LogP contribution < -0.4 is 15.5 Å². The SMILES string of the molecule is CCc1ccc(NC(=O)NC2N=C(c3ccccc3)c3ccccc3N(CC(=O)c3ccccc3C)C2=O)cc1. The number of Topliss-reactive ketones (excluding diaryl/α,β-unsaturated/α-hetero) is 1. The Bertz CT molecular complexity index is 1580. The maximum Gasteiger partial charge on any atom is 0.321 e. The molecule has 0 saturated heterocycles. The van der Waals surface area contributed by atoms with Gasteiger partial charge in [0.05, 0.1) is 17.9 Å². The number of anilines is 2. The van der Waals surface area contributed by atoms with E-state index in [0.717, 1.165) is 23.1 Å². The maximum absolute atomic E-state index is 14.0. The van der Waals surface area contributed by atoms with Crippen molar-refractivity contribution in [1.82, 2.24) is 5.32 Å². The van der Waals surface area contributed by atoms with E-state index in [9.17, 15) is 14.4 Å². The van der Waals surface area contributed by atoms with Crippen LogP contribution in [0.4, 0.5) is 16.2 Å². The van der Waals surface area contributed by atoms with Crippen molar-refractivity contribution in [2.24, 2.45) is 4.99 Å². The number of nitrogens with zero attached hydrogens (tertiary/aromatic N) is 2. The molecule has 1 heterocycles. The number of urea groups is 1. The molecule has 200 valence electrons. The molecule has 1 atom stereocenters. The van der Waals surface area contributed by atoms with Gasteiger partial charge in [0.25, 0.3) is 5.91 Å². The highest BCUT2D eigenvalue weighted by Gasteiger charge is 2.34. The lowest BCUT2D eigenvalue weighted by Gasteiger charge is -2.25. The van der Waals surface area contributed by atoms with Gasteiger partial charge < -0.3 is 15.5 Å². The zero-order valence-electron chi connectivity index (χ0n) is 22.4. The van der Waals surface area contributed by atoms with Gasteiger partial charge in [0.15, 0.2) is 5.78 Å². The average molecular weight is 531 g/mol. The van der Waals surface area contributed by atoms with Crippen molar-refractivity contribution in [2.75, 3.05) is 16.8 Å². The molecular weight excluding hydrogens is 500 g/mol. The number of rotatable bonds is 7. The van der Waals surface area contributed by atoms with Gasteiger partial charge in [-0.05, 0) is 42.7 Å². The first-order chi connectivity index (χ1) is 19.4. The second-order valence-electron chi connectivity index (χ2n) is 9.57. The van der Waals surface area contributed by atoms with Gasteiger partial charge in [-0.25, -0.2) is 9.79 Å². The van der Waals surface area contributed by atoms with Crippen LogP contribution in [0.15, 0.2) is 108 Å². The molecule has 0 aliphatic carbocycles. The predicted molar refractivity (Wildman–Crippen MR) is 158 cm³/mol. The standard InChI is InChI=1S/C33H30N4O3/c1-3-23-17-19-25(20-18-23)34-33(40)36-31-32(39)37(21-29(38)26-14-8-7-11-22(26)2)28-16-10-9-15-27(28)30(35-31)24-12-5-4-6-13-24/h4-20,31H,3,21H2,1-2H3,(H2,34,36,40). The van der Waals surface area contributed by atoms with Crippen LogP contribution in [0.1, 0.15) is 39.5 Å². The second-order valence-corrected chi connectivity index (χ2v) is 9.57. The summed E-state index contributed by atoms with van der Waals surface area (Å²) in [5.74, 6) is -0.708. The van der Waals surface area contributed by atoms with Crippen LogP contribution >= 0.6 is 0 Å². The number of carbonyl (C=O) groups is 3. The lowest BCUT2D eigenvalue weighted by atomic mass is 9.99. The summed E-state index contributed by atoms with van der Waals surface area (Å²) in [5.41, 5.74) is 5.69. The summed E-state index contributed by atoms with van der Waals surface area (Å²) in [6.07, 6.45) is -0.375. The van der Waals surface area contributed by atoms with Gasteiger partial charge in [-0.15, -0.1) is 0 Å². The van der Waals surface area contributed by atoms with Crippen LogP contribution in [0, 0.1) is 6.92 Å². The molecule has 0 bridgehead atoms. The summed E-state index contributed by atoms with van der Waals surface area (Å²) in [4.78, 5) is 46.7. The van der Waals surface area contributed by atoms with Gasteiger partial charge in [0.2, 0.25) is 6.17 Å². The molecule has 0 radical (unpaired) electrons. The van der Waals surface area contributed by atoms with E-state index in [1.807, 2.05) is 91.9 Å². The Labute approximate surface area is 233 Å². The summed E-state index contributed by atoms with van der Waals surface area (Å²) >= 11 is 0. The summed E-state index contributed by atoms with van der Waals surface area (Å²) in [7, 11) is 0. The topological polar surface area (TPSA) is 90.9 Å². The Morgan fingerprint density at radius 1 is 0.850 bits per heavy atom. The lowest BCUT2D eigenvalue weighted by Crippen LogP contribution is -2.50. The van der Waals surface area contributed by atoms with Gasteiger partial charge in [0.1, 0.15) is 0 Å². The number of nitrogens with one attached hydrogen (secondary N) is 2. The number of hydrogen-bond acceptors (Lipinski definition) is 4. The van der Waals surface area contributed by atoms with Gasteiger partial charge in [-0.2, -0.15) is 0 Å². The molecule has 2 N–H and O–H groups in total. The van der Waals surface area contributed by atoms with Crippen LogP contribution in [0.2, 0.25) is 0 Å². The van der Waals surface area contributed by atoms with Crippen molar-refractivity contribution in [1.29, 1.82) is 0 Å². The quantitative estimate of drug-likeness (QED) is 0.297. The Morgan fingerprint density at radius 3 is 2.25 bits per heavy atom. The Kier molecular flexibility index (Phi) is 7.82. The molecular formula is C33H30N4O3. The van der Waals surface area contributed by atoms with E-state index in [1.165, 1.54) is 4.90 Å². The Balaban J connectivity index is 1.52. The molecule has 7 nitrogen and oxygen atoms in total. The van der Waals surface area contributed by atoms with E-state index < -0.39 is 18.1 Å². The van der Waals surface area contributed by atoms with Crippen molar-refractivity contribution in [3.05, 3.63) is 131 Å². The third kappa shape index (κ3) is 5.68. The summed E-state index contributed by atoms with van der Waals surface area (Å²) in [5, 5.41) is 5.52.